The number of nitrogens with zero attached hydrogens (tertiary/aromatic N) is 3. The molecule has 9 heteroatoms. The monoisotopic (exact) mass is 439 g/mol. The number of carbonyl (C=O) groups is 2. The summed E-state index contributed by atoms with van der Waals surface area (Å²) < 4.78 is 1.88. The number of amides is 2. The van der Waals surface area contributed by atoms with E-state index in [1.54, 1.807) is 0 Å². The average Bonchev–Trinajstić information content (AvgIpc) is 3.17. The number of aromatic nitrogens is 3. The summed E-state index contributed by atoms with van der Waals surface area (Å²) in [5.41, 5.74) is 8.03. The lowest BCUT2D eigenvalue weighted by atomic mass is 10.1. The van der Waals surface area contributed by atoms with Gasteiger partial charge in [-0.3, -0.25) is 9.59 Å². The van der Waals surface area contributed by atoms with Crippen LogP contribution in [0.2, 0.25) is 0 Å². The van der Waals surface area contributed by atoms with Gasteiger partial charge in [0.25, 0.3) is 5.91 Å². The van der Waals surface area contributed by atoms with Crippen LogP contribution in [0.4, 0.5) is 5.00 Å². The van der Waals surface area contributed by atoms with Crippen LogP contribution in [0.25, 0.3) is 5.69 Å². The molecule has 7 nitrogen and oxygen atoms in total. The van der Waals surface area contributed by atoms with E-state index in [1.165, 1.54) is 23.1 Å². The van der Waals surface area contributed by atoms with E-state index in [4.69, 9.17) is 5.73 Å². The third-order valence-corrected chi connectivity index (χ3v) is 7.35. The molecular formula is C21H21N5O2S2. The van der Waals surface area contributed by atoms with Gasteiger partial charge in [0, 0.05) is 10.8 Å². The summed E-state index contributed by atoms with van der Waals surface area (Å²) in [5, 5.41) is 8.65. The fourth-order valence-corrected chi connectivity index (χ4v) is 5.72. The molecule has 3 N–H and O–H groups in total. The molecule has 1 aromatic carbocycles. The van der Waals surface area contributed by atoms with Crippen molar-refractivity contribution in [2.24, 2.45) is 5.73 Å². The molecule has 0 bridgehead atoms. The largest absolute Gasteiger partial charge is 0.365 e. The number of nitrogens with two attached hydrogens (primary N) is 1. The molecule has 0 atom stereocenters. The highest BCUT2D eigenvalue weighted by atomic mass is 32.2. The molecule has 0 radical (unpaired) electrons. The second-order valence-corrected chi connectivity index (χ2v) is 9.58. The summed E-state index contributed by atoms with van der Waals surface area (Å²) in [6.07, 6.45) is 5.06. The Balaban J connectivity index is 1.29. The number of para-hydroxylation sites is 1. The first-order chi connectivity index (χ1) is 14.6. The van der Waals surface area contributed by atoms with E-state index >= 15 is 0 Å². The summed E-state index contributed by atoms with van der Waals surface area (Å²) in [5.74, 6) is 0.896. The molecule has 0 aliphatic heterocycles. The maximum atomic E-state index is 12.6. The molecule has 30 heavy (non-hydrogen) atoms. The zero-order chi connectivity index (χ0) is 20.7. The van der Waals surface area contributed by atoms with Gasteiger partial charge in [0.1, 0.15) is 10.8 Å². The van der Waals surface area contributed by atoms with Gasteiger partial charge < -0.3 is 11.1 Å². The maximum absolute atomic E-state index is 12.6. The highest BCUT2D eigenvalue weighted by molar-refractivity contribution is 7.99. The van der Waals surface area contributed by atoms with Crippen LogP contribution in [0.5, 0.6) is 0 Å². The highest BCUT2D eigenvalue weighted by Crippen LogP contribution is 2.41. The molecule has 1 fully saturated rings. The Morgan fingerprint density at radius 3 is 2.77 bits per heavy atom. The van der Waals surface area contributed by atoms with Crippen LogP contribution in [0.1, 0.15) is 51.8 Å². The number of thioether (sulfide) groups is 1. The van der Waals surface area contributed by atoms with E-state index in [0.717, 1.165) is 54.1 Å². The zero-order valence-electron chi connectivity index (χ0n) is 16.3. The molecule has 154 valence electrons. The third-order valence-electron chi connectivity index (χ3n) is 5.31. The second-order valence-electron chi connectivity index (χ2n) is 7.54. The van der Waals surface area contributed by atoms with Crippen LogP contribution in [0.3, 0.4) is 0 Å². The first kappa shape index (κ1) is 19.3. The molecule has 2 amide bonds. The van der Waals surface area contributed by atoms with Crippen molar-refractivity contribution in [3.8, 4) is 5.69 Å². The summed E-state index contributed by atoms with van der Waals surface area (Å²) in [6.45, 7) is 0. The van der Waals surface area contributed by atoms with Gasteiger partial charge in [-0.2, -0.15) is 0 Å². The number of hydrogen-bond acceptors (Lipinski definition) is 6. The van der Waals surface area contributed by atoms with Crippen molar-refractivity contribution < 1.29 is 9.59 Å². The molecule has 2 heterocycles. The van der Waals surface area contributed by atoms with Crippen LogP contribution < -0.4 is 11.1 Å². The molecule has 5 rings (SSSR count). The van der Waals surface area contributed by atoms with Crippen molar-refractivity contribution >= 4 is 39.9 Å². The number of rotatable bonds is 7. The van der Waals surface area contributed by atoms with Crippen LogP contribution >= 0.6 is 23.1 Å². The van der Waals surface area contributed by atoms with E-state index < -0.39 is 5.91 Å². The number of thiophene rings is 1. The van der Waals surface area contributed by atoms with Gasteiger partial charge in [-0.25, -0.2) is 9.67 Å². The van der Waals surface area contributed by atoms with Crippen molar-refractivity contribution in [2.75, 3.05) is 11.1 Å². The lowest BCUT2D eigenvalue weighted by molar-refractivity contribution is -0.113. The van der Waals surface area contributed by atoms with Crippen molar-refractivity contribution in [2.45, 2.75) is 43.2 Å². The fraction of sp³-hybridized carbons (Fsp3) is 0.333. The standard InChI is InChI=1S/C21H21N5O2S2/c22-18(28)17-14-7-4-8-15(14)30-20(17)23-16(27)11-29-21-24-19(12-9-10-12)26(25-21)13-5-2-1-3-6-13/h1-3,5-6,12H,4,7-11H2,(H2,22,28)(H,23,27). The average molecular weight is 440 g/mol. The Morgan fingerprint density at radius 2 is 2.03 bits per heavy atom. The molecule has 0 unspecified atom stereocenters. The van der Waals surface area contributed by atoms with Gasteiger partial charge in [-0.05, 0) is 49.8 Å². The number of aryl methyl sites for hydroxylation is 1. The van der Waals surface area contributed by atoms with E-state index in [9.17, 15) is 9.59 Å². The minimum atomic E-state index is -0.477. The Kier molecular flexibility index (Phi) is 5.08. The summed E-state index contributed by atoms with van der Waals surface area (Å²) in [4.78, 5) is 30.3. The first-order valence-electron chi connectivity index (χ1n) is 9.99. The molecule has 2 aliphatic carbocycles. The highest BCUT2D eigenvalue weighted by Gasteiger charge is 2.31. The number of hydrogen-bond donors (Lipinski definition) is 2. The molecule has 3 aromatic rings. The Labute approximate surface area is 182 Å². The quantitative estimate of drug-likeness (QED) is 0.548. The van der Waals surface area contributed by atoms with Gasteiger partial charge in [0.15, 0.2) is 0 Å². The number of fused-ring (bicyclic) bond motifs is 1. The number of anilines is 1. The summed E-state index contributed by atoms with van der Waals surface area (Å²) in [6, 6.07) is 9.93. The smallest absolute Gasteiger partial charge is 0.251 e. The summed E-state index contributed by atoms with van der Waals surface area (Å²) in [7, 11) is 0. The SMILES string of the molecule is NC(=O)c1c(NC(=O)CSc2nc(C3CC3)n(-c3ccccc3)n2)sc2c1CCC2. The molecule has 1 saturated carbocycles. The van der Waals surface area contributed by atoms with E-state index in [-0.39, 0.29) is 11.7 Å². The van der Waals surface area contributed by atoms with Gasteiger partial charge in [0.05, 0.1) is 17.0 Å². The molecular weight excluding hydrogens is 418 g/mol. The van der Waals surface area contributed by atoms with Gasteiger partial charge >= 0.3 is 0 Å². The van der Waals surface area contributed by atoms with Gasteiger partial charge in [-0.15, -0.1) is 16.4 Å². The molecule has 2 aliphatic rings. The fourth-order valence-electron chi connectivity index (χ4n) is 3.78. The van der Waals surface area contributed by atoms with Crippen LogP contribution in [0, 0.1) is 0 Å². The number of primary amides is 1. The molecule has 2 aromatic heterocycles. The van der Waals surface area contributed by atoms with Gasteiger partial charge in [-0.1, -0.05) is 30.0 Å². The topological polar surface area (TPSA) is 103 Å². The third kappa shape index (κ3) is 3.75. The van der Waals surface area contributed by atoms with Crippen molar-refractivity contribution in [3.05, 3.63) is 52.2 Å². The first-order valence-corrected chi connectivity index (χ1v) is 11.8. The Hall–Kier alpha value is -2.65. The normalized spacial score (nSPS) is 15.2. The van der Waals surface area contributed by atoms with Crippen molar-refractivity contribution in [1.82, 2.24) is 14.8 Å². The number of nitrogens with one attached hydrogen (secondary N) is 1. The minimum absolute atomic E-state index is 0.170. The second kappa shape index (κ2) is 7.88. The zero-order valence-corrected chi connectivity index (χ0v) is 17.9. The Morgan fingerprint density at radius 1 is 1.23 bits per heavy atom. The van der Waals surface area contributed by atoms with Crippen molar-refractivity contribution in [3.63, 3.8) is 0 Å². The Bertz CT molecular complexity index is 1120. The number of benzene rings is 1. The van der Waals surface area contributed by atoms with E-state index in [2.05, 4.69) is 15.4 Å². The summed E-state index contributed by atoms with van der Waals surface area (Å²) >= 11 is 2.77. The predicted molar refractivity (Wildman–Crippen MR) is 118 cm³/mol. The van der Waals surface area contributed by atoms with E-state index in [1.807, 2.05) is 35.0 Å². The van der Waals surface area contributed by atoms with Crippen LogP contribution in [-0.4, -0.2) is 32.3 Å². The number of carbonyl (C=O) groups excluding carboxylic acids is 2. The van der Waals surface area contributed by atoms with Gasteiger partial charge in [0.2, 0.25) is 11.1 Å². The molecule has 0 saturated heterocycles. The molecule has 0 spiro atoms. The lowest BCUT2D eigenvalue weighted by Crippen LogP contribution is -2.19. The van der Waals surface area contributed by atoms with Crippen LogP contribution in [-0.2, 0) is 17.6 Å². The van der Waals surface area contributed by atoms with Crippen molar-refractivity contribution in [1.29, 1.82) is 0 Å². The predicted octanol–water partition coefficient (Wildman–Crippen LogP) is 3.52. The minimum Gasteiger partial charge on any atom is -0.365 e. The van der Waals surface area contributed by atoms with Crippen LogP contribution in [0.15, 0.2) is 35.5 Å². The maximum Gasteiger partial charge on any atom is 0.251 e. The lowest BCUT2D eigenvalue weighted by Gasteiger charge is -2.05. The van der Waals surface area contributed by atoms with E-state index in [0.29, 0.717) is 21.6 Å².